The highest BCUT2D eigenvalue weighted by Crippen LogP contribution is 2.02. The number of β-amino-alcohol motifs (C(OH)–C–C–N with tert-alkyl or cyclic N) is 1. The normalized spacial score (nSPS) is 13.7. The van der Waals surface area contributed by atoms with Gasteiger partial charge in [0, 0.05) is 18.3 Å². The van der Waals surface area contributed by atoms with Crippen LogP contribution in [0.25, 0.3) is 0 Å². The molecule has 4 nitrogen and oxygen atoms in total. The van der Waals surface area contributed by atoms with Gasteiger partial charge in [-0.05, 0) is 48.8 Å². The van der Waals surface area contributed by atoms with Crippen molar-refractivity contribution in [3.8, 4) is 0 Å². The third-order valence-electron chi connectivity index (χ3n) is 2.25. The Morgan fingerprint density at radius 1 is 1.53 bits per heavy atom. The molecule has 0 radical (unpaired) electrons. The zero-order valence-electron chi connectivity index (χ0n) is 10.4. The Kier molecular flexibility index (Phi) is 4.91. The second-order valence-electron chi connectivity index (χ2n) is 5.10. The number of aromatic nitrogens is 1. The number of pyridine rings is 1. The second-order valence-corrected chi connectivity index (χ2v) is 5.95. The highest BCUT2D eigenvalue weighted by molar-refractivity contribution is 9.10. The molecule has 17 heavy (non-hydrogen) atoms. The number of hydrogen-bond acceptors (Lipinski definition) is 3. The lowest BCUT2D eigenvalue weighted by atomic mass is 10.1. The molecular formula is C12H19BrN2O2. The first-order valence-electron chi connectivity index (χ1n) is 5.57. The molecule has 0 bridgehead atoms. The van der Waals surface area contributed by atoms with Gasteiger partial charge in [-0.3, -0.25) is 4.79 Å². The van der Waals surface area contributed by atoms with Crippen LogP contribution in [-0.2, 0) is 6.54 Å². The molecule has 0 amide bonds. The average Bonchev–Trinajstić information content (AvgIpc) is 2.21. The summed E-state index contributed by atoms with van der Waals surface area (Å²) in [7, 11) is 0. The van der Waals surface area contributed by atoms with Crippen LogP contribution in [0.3, 0.4) is 0 Å². The molecule has 1 unspecified atom stereocenters. The van der Waals surface area contributed by atoms with Gasteiger partial charge in [0.15, 0.2) is 0 Å². The fraction of sp³-hybridized carbons (Fsp3) is 0.583. The standard InChI is InChI=1S/C12H19BrN2O2/c1-12(2,3)14-7-9(16)8-15-6-4-5-10(13)11(15)17/h4-6,9,14,16H,7-8H2,1-3H3. The molecule has 1 aromatic rings. The van der Waals surface area contributed by atoms with Crippen molar-refractivity contribution in [2.24, 2.45) is 0 Å². The first kappa shape index (κ1) is 14.4. The molecule has 0 aromatic carbocycles. The quantitative estimate of drug-likeness (QED) is 0.883. The van der Waals surface area contributed by atoms with E-state index in [9.17, 15) is 9.90 Å². The number of nitrogens with one attached hydrogen (secondary N) is 1. The van der Waals surface area contributed by atoms with Gasteiger partial charge in [-0.2, -0.15) is 0 Å². The summed E-state index contributed by atoms with van der Waals surface area (Å²) < 4.78 is 2.01. The van der Waals surface area contributed by atoms with Gasteiger partial charge in [-0.15, -0.1) is 0 Å². The molecule has 96 valence electrons. The van der Waals surface area contributed by atoms with E-state index in [4.69, 9.17) is 0 Å². The summed E-state index contributed by atoms with van der Waals surface area (Å²) in [5, 5.41) is 13.0. The van der Waals surface area contributed by atoms with Crippen molar-refractivity contribution in [2.75, 3.05) is 6.54 Å². The first-order chi connectivity index (χ1) is 7.79. The number of aliphatic hydroxyl groups is 1. The van der Waals surface area contributed by atoms with Gasteiger partial charge in [-0.1, -0.05) is 0 Å². The Bertz CT molecular complexity index is 423. The Hall–Kier alpha value is -0.650. The molecule has 1 heterocycles. The molecule has 0 saturated carbocycles. The summed E-state index contributed by atoms with van der Waals surface area (Å²) in [5.74, 6) is 0. The molecule has 0 saturated heterocycles. The predicted octanol–water partition coefficient (Wildman–Crippen LogP) is 1.36. The molecule has 0 spiro atoms. The molecule has 1 atom stereocenters. The van der Waals surface area contributed by atoms with Crippen molar-refractivity contribution in [3.05, 3.63) is 33.2 Å². The van der Waals surface area contributed by atoms with E-state index in [1.165, 1.54) is 4.57 Å². The van der Waals surface area contributed by atoms with Gasteiger partial charge in [0.25, 0.3) is 5.56 Å². The summed E-state index contributed by atoms with van der Waals surface area (Å²) in [5.41, 5.74) is -0.161. The van der Waals surface area contributed by atoms with Gasteiger partial charge < -0.3 is 15.0 Å². The fourth-order valence-electron chi connectivity index (χ4n) is 1.37. The van der Waals surface area contributed by atoms with Crippen LogP contribution in [0.4, 0.5) is 0 Å². The zero-order chi connectivity index (χ0) is 13.1. The van der Waals surface area contributed by atoms with Crippen molar-refractivity contribution in [1.82, 2.24) is 9.88 Å². The van der Waals surface area contributed by atoms with Crippen LogP contribution in [0.2, 0.25) is 0 Å². The second kappa shape index (κ2) is 5.80. The SMILES string of the molecule is CC(C)(C)NCC(O)Cn1cccc(Br)c1=O. The summed E-state index contributed by atoms with van der Waals surface area (Å²) in [6.07, 6.45) is 1.09. The smallest absolute Gasteiger partial charge is 0.264 e. The maximum Gasteiger partial charge on any atom is 0.264 e. The topological polar surface area (TPSA) is 54.3 Å². The van der Waals surface area contributed by atoms with Crippen molar-refractivity contribution < 1.29 is 5.11 Å². The van der Waals surface area contributed by atoms with Crippen LogP contribution in [-0.4, -0.2) is 27.9 Å². The Balaban J connectivity index is 2.60. The average molecular weight is 303 g/mol. The number of aliphatic hydroxyl groups excluding tert-OH is 1. The van der Waals surface area contributed by atoms with Crippen LogP contribution < -0.4 is 10.9 Å². The first-order valence-corrected chi connectivity index (χ1v) is 6.37. The van der Waals surface area contributed by atoms with Crippen molar-refractivity contribution in [3.63, 3.8) is 0 Å². The minimum absolute atomic E-state index is 0.0385. The van der Waals surface area contributed by atoms with E-state index in [2.05, 4.69) is 21.2 Å². The Labute approximate surface area is 110 Å². The molecule has 0 aliphatic carbocycles. The Morgan fingerprint density at radius 2 is 2.18 bits per heavy atom. The van der Waals surface area contributed by atoms with E-state index in [0.29, 0.717) is 17.6 Å². The molecule has 2 N–H and O–H groups in total. The van der Waals surface area contributed by atoms with Crippen LogP contribution >= 0.6 is 15.9 Å². The number of hydrogen-bond donors (Lipinski definition) is 2. The van der Waals surface area contributed by atoms with E-state index >= 15 is 0 Å². The molecule has 0 aliphatic heterocycles. The third-order valence-corrected chi connectivity index (χ3v) is 2.85. The molecular weight excluding hydrogens is 284 g/mol. The van der Waals surface area contributed by atoms with E-state index in [0.717, 1.165) is 0 Å². The predicted molar refractivity (Wildman–Crippen MR) is 72.2 cm³/mol. The lowest BCUT2D eigenvalue weighted by Gasteiger charge is -2.23. The van der Waals surface area contributed by atoms with Gasteiger partial charge >= 0.3 is 0 Å². The van der Waals surface area contributed by atoms with Gasteiger partial charge in [-0.25, -0.2) is 0 Å². The van der Waals surface area contributed by atoms with Crippen molar-refractivity contribution in [1.29, 1.82) is 0 Å². The van der Waals surface area contributed by atoms with Gasteiger partial charge in [0.2, 0.25) is 0 Å². The molecule has 5 heteroatoms. The van der Waals surface area contributed by atoms with Crippen molar-refractivity contribution in [2.45, 2.75) is 39.0 Å². The van der Waals surface area contributed by atoms with Crippen LogP contribution in [0.5, 0.6) is 0 Å². The minimum atomic E-state index is -0.582. The summed E-state index contributed by atoms with van der Waals surface area (Å²) in [6.45, 7) is 6.85. The minimum Gasteiger partial charge on any atom is -0.390 e. The van der Waals surface area contributed by atoms with E-state index in [1.807, 2.05) is 20.8 Å². The maximum absolute atomic E-state index is 11.7. The molecule has 1 rings (SSSR count). The van der Waals surface area contributed by atoms with Crippen LogP contribution in [0, 0.1) is 0 Å². The molecule has 0 fully saturated rings. The highest BCUT2D eigenvalue weighted by atomic mass is 79.9. The molecule has 1 aromatic heterocycles. The number of rotatable bonds is 4. The summed E-state index contributed by atoms with van der Waals surface area (Å²) in [6, 6.07) is 3.47. The maximum atomic E-state index is 11.7. The monoisotopic (exact) mass is 302 g/mol. The van der Waals surface area contributed by atoms with Crippen LogP contribution in [0.1, 0.15) is 20.8 Å². The van der Waals surface area contributed by atoms with E-state index in [-0.39, 0.29) is 11.1 Å². The zero-order valence-corrected chi connectivity index (χ0v) is 12.0. The Morgan fingerprint density at radius 3 is 2.76 bits per heavy atom. The van der Waals surface area contributed by atoms with Crippen LogP contribution in [0.15, 0.2) is 27.6 Å². The molecule has 0 aliphatic rings. The third kappa shape index (κ3) is 5.02. The fourth-order valence-corrected chi connectivity index (χ4v) is 1.75. The lowest BCUT2D eigenvalue weighted by Crippen LogP contribution is -2.42. The number of halogens is 1. The van der Waals surface area contributed by atoms with Gasteiger partial charge in [0.1, 0.15) is 0 Å². The number of nitrogens with zero attached hydrogens (tertiary/aromatic N) is 1. The van der Waals surface area contributed by atoms with E-state index in [1.54, 1.807) is 18.3 Å². The summed E-state index contributed by atoms with van der Waals surface area (Å²) >= 11 is 3.18. The van der Waals surface area contributed by atoms with Crippen molar-refractivity contribution >= 4 is 15.9 Å². The van der Waals surface area contributed by atoms with Gasteiger partial charge in [0.05, 0.1) is 17.1 Å². The summed E-state index contributed by atoms with van der Waals surface area (Å²) in [4.78, 5) is 11.7. The highest BCUT2D eigenvalue weighted by Gasteiger charge is 2.13. The lowest BCUT2D eigenvalue weighted by molar-refractivity contribution is 0.140. The van der Waals surface area contributed by atoms with E-state index < -0.39 is 6.10 Å². The largest absolute Gasteiger partial charge is 0.390 e.